The van der Waals surface area contributed by atoms with Crippen molar-refractivity contribution in [3.05, 3.63) is 36.2 Å². The fourth-order valence-corrected chi connectivity index (χ4v) is 1.76. The van der Waals surface area contributed by atoms with Crippen LogP contribution < -0.4 is 0 Å². The molecule has 1 aromatic carbocycles. The Kier molecular flexibility index (Phi) is 3.26. The molecule has 0 atom stereocenters. The molecule has 0 aliphatic carbocycles. The Balaban J connectivity index is 2.23. The monoisotopic (exact) mass is 234 g/mol. The van der Waals surface area contributed by atoms with Gasteiger partial charge in [-0.2, -0.15) is 4.09 Å². The number of rotatable bonds is 3. The van der Waals surface area contributed by atoms with Crippen molar-refractivity contribution >= 4 is 12.8 Å². The first-order valence-electron chi connectivity index (χ1n) is 5.00. The standard InChI is InChI=1S/C11H14N4S/c1-14(2)7-9-3-5-10(6-4-9)11-12-8-13-15(11)16/h3-6,8,16H,7H2,1-2H3. The predicted molar refractivity (Wildman–Crippen MR) is 67.2 cm³/mol. The summed E-state index contributed by atoms with van der Waals surface area (Å²) < 4.78 is 1.47. The van der Waals surface area contributed by atoms with E-state index in [0.29, 0.717) is 0 Å². The number of benzene rings is 1. The average molecular weight is 234 g/mol. The van der Waals surface area contributed by atoms with Gasteiger partial charge in [0.1, 0.15) is 6.33 Å². The van der Waals surface area contributed by atoms with Gasteiger partial charge in [-0.05, 0) is 32.5 Å². The van der Waals surface area contributed by atoms with Crippen molar-refractivity contribution in [2.75, 3.05) is 14.1 Å². The topological polar surface area (TPSA) is 34.0 Å². The van der Waals surface area contributed by atoms with Gasteiger partial charge < -0.3 is 4.90 Å². The fourth-order valence-electron chi connectivity index (χ4n) is 1.55. The molecule has 0 amide bonds. The second-order valence-electron chi connectivity index (χ2n) is 3.91. The van der Waals surface area contributed by atoms with Crippen LogP contribution in [0.15, 0.2) is 30.6 Å². The Bertz CT molecular complexity index is 461. The van der Waals surface area contributed by atoms with Crippen LogP contribution in [0.1, 0.15) is 5.56 Å². The number of hydrogen-bond donors (Lipinski definition) is 1. The van der Waals surface area contributed by atoms with E-state index >= 15 is 0 Å². The van der Waals surface area contributed by atoms with Crippen LogP contribution in [0.5, 0.6) is 0 Å². The molecule has 0 bridgehead atoms. The van der Waals surface area contributed by atoms with Gasteiger partial charge in [-0.15, -0.1) is 5.10 Å². The quantitative estimate of drug-likeness (QED) is 0.821. The number of thiol groups is 1. The van der Waals surface area contributed by atoms with E-state index in [-0.39, 0.29) is 0 Å². The van der Waals surface area contributed by atoms with Crippen LogP contribution in [0.25, 0.3) is 11.4 Å². The molecular formula is C11H14N4S. The molecule has 0 saturated heterocycles. The number of aromatic nitrogens is 3. The summed E-state index contributed by atoms with van der Waals surface area (Å²) in [4.78, 5) is 6.28. The van der Waals surface area contributed by atoms with Crippen LogP contribution in [0.3, 0.4) is 0 Å². The Hall–Kier alpha value is -1.33. The highest BCUT2D eigenvalue weighted by Crippen LogP contribution is 2.17. The summed E-state index contributed by atoms with van der Waals surface area (Å²) in [5.74, 6) is 0.764. The Labute approximate surface area is 100 Å². The first-order valence-corrected chi connectivity index (χ1v) is 5.40. The third-order valence-electron chi connectivity index (χ3n) is 2.24. The summed E-state index contributed by atoms with van der Waals surface area (Å²) in [6.45, 7) is 0.938. The van der Waals surface area contributed by atoms with Crippen LogP contribution in [0.4, 0.5) is 0 Å². The van der Waals surface area contributed by atoms with E-state index in [1.165, 1.54) is 16.0 Å². The lowest BCUT2D eigenvalue weighted by molar-refractivity contribution is 0.402. The van der Waals surface area contributed by atoms with Crippen molar-refractivity contribution in [2.24, 2.45) is 0 Å². The van der Waals surface area contributed by atoms with Gasteiger partial charge in [0.25, 0.3) is 0 Å². The molecule has 1 heterocycles. The van der Waals surface area contributed by atoms with Crippen LogP contribution in [0, 0.1) is 0 Å². The number of nitrogens with zero attached hydrogens (tertiary/aromatic N) is 4. The van der Waals surface area contributed by atoms with Gasteiger partial charge in [0.2, 0.25) is 0 Å². The molecule has 0 spiro atoms. The van der Waals surface area contributed by atoms with Gasteiger partial charge in [0, 0.05) is 12.1 Å². The van der Waals surface area contributed by atoms with E-state index in [4.69, 9.17) is 0 Å². The fraction of sp³-hybridized carbons (Fsp3) is 0.273. The van der Waals surface area contributed by atoms with Crippen molar-refractivity contribution in [3.63, 3.8) is 0 Å². The van der Waals surface area contributed by atoms with Gasteiger partial charge in [-0.1, -0.05) is 24.3 Å². The van der Waals surface area contributed by atoms with E-state index in [2.05, 4.69) is 54.0 Å². The molecule has 4 nitrogen and oxygen atoms in total. The Morgan fingerprint density at radius 2 is 1.94 bits per heavy atom. The molecule has 2 aromatic rings. The normalized spacial score (nSPS) is 11.0. The summed E-state index contributed by atoms with van der Waals surface area (Å²) in [5.41, 5.74) is 2.30. The largest absolute Gasteiger partial charge is 0.305 e. The molecule has 1 aromatic heterocycles. The molecule has 0 aliphatic rings. The lowest BCUT2D eigenvalue weighted by atomic mass is 10.1. The van der Waals surface area contributed by atoms with Crippen LogP contribution >= 0.6 is 12.8 Å². The summed E-state index contributed by atoms with van der Waals surface area (Å²) in [7, 11) is 4.11. The van der Waals surface area contributed by atoms with Crippen molar-refractivity contribution in [2.45, 2.75) is 6.54 Å². The minimum Gasteiger partial charge on any atom is -0.305 e. The average Bonchev–Trinajstić information content (AvgIpc) is 2.65. The molecule has 0 fully saturated rings. The molecule has 0 unspecified atom stereocenters. The van der Waals surface area contributed by atoms with Crippen molar-refractivity contribution in [1.82, 2.24) is 19.1 Å². The first kappa shape index (κ1) is 11.2. The Morgan fingerprint density at radius 1 is 1.25 bits per heavy atom. The van der Waals surface area contributed by atoms with Crippen LogP contribution in [0.2, 0.25) is 0 Å². The molecule has 16 heavy (non-hydrogen) atoms. The smallest absolute Gasteiger partial charge is 0.169 e. The highest BCUT2D eigenvalue weighted by Gasteiger charge is 2.04. The third kappa shape index (κ3) is 2.43. The lowest BCUT2D eigenvalue weighted by Gasteiger charge is -2.09. The highest BCUT2D eigenvalue weighted by molar-refractivity contribution is 7.78. The zero-order chi connectivity index (χ0) is 11.5. The molecule has 2 rings (SSSR count). The Morgan fingerprint density at radius 3 is 2.44 bits per heavy atom. The molecule has 0 saturated carbocycles. The molecule has 5 heteroatoms. The minimum atomic E-state index is 0.764. The molecule has 0 aliphatic heterocycles. The third-order valence-corrected chi connectivity index (χ3v) is 2.53. The van der Waals surface area contributed by atoms with E-state index in [1.54, 1.807) is 0 Å². The van der Waals surface area contributed by atoms with E-state index < -0.39 is 0 Å². The molecule has 84 valence electrons. The summed E-state index contributed by atoms with van der Waals surface area (Å²) >= 11 is 4.18. The van der Waals surface area contributed by atoms with Gasteiger partial charge in [0.05, 0.1) is 0 Å². The van der Waals surface area contributed by atoms with E-state index in [9.17, 15) is 0 Å². The van der Waals surface area contributed by atoms with E-state index in [0.717, 1.165) is 17.9 Å². The van der Waals surface area contributed by atoms with Gasteiger partial charge in [0.15, 0.2) is 5.82 Å². The predicted octanol–water partition coefficient (Wildman–Crippen LogP) is 1.70. The van der Waals surface area contributed by atoms with Crippen LogP contribution in [-0.2, 0) is 6.54 Å². The maximum Gasteiger partial charge on any atom is 0.169 e. The van der Waals surface area contributed by atoms with Crippen LogP contribution in [-0.4, -0.2) is 33.2 Å². The second kappa shape index (κ2) is 4.67. The molecule has 0 N–H and O–H groups in total. The zero-order valence-electron chi connectivity index (χ0n) is 9.33. The maximum absolute atomic E-state index is 4.18. The zero-order valence-corrected chi connectivity index (χ0v) is 10.2. The lowest BCUT2D eigenvalue weighted by Crippen LogP contribution is -2.10. The van der Waals surface area contributed by atoms with E-state index in [1.807, 2.05) is 12.1 Å². The van der Waals surface area contributed by atoms with Gasteiger partial charge >= 0.3 is 0 Å². The van der Waals surface area contributed by atoms with Crippen molar-refractivity contribution < 1.29 is 0 Å². The maximum atomic E-state index is 4.18. The van der Waals surface area contributed by atoms with Gasteiger partial charge in [-0.3, -0.25) is 0 Å². The molecule has 0 radical (unpaired) electrons. The summed E-state index contributed by atoms with van der Waals surface area (Å²) in [6, 6.07) is 8.26. The van der Waals surface area contributed by atoms with Crippen molar-refractivity contribution in [3.8, 4) is 11.4 Å². The first-order chi connectivity index (χ1) is 7.66. The number of hydrogen-bond acceptors (Lipinski definition) is 4. The summed E-state index contributed by atoms with van der Waals surface area (Å²) in [5, 5.41) is 3.93. The highest BCUT2D eigenvalue weighted by atomic mass is 32.1. The van der Waals surface area contributed by atoms with Gasteiger partial charge in [-0.25, -0.2) is 4.98 Å². The summed E-state index contributed by atoms with van der Waals surface area (Å²) in [6.07, 6.45) is 1.50. The van der Waals surface area contributed by atoms with Crippen molar-refractivity contribution in [1.29, 1.82) is 0 Å². The second-order valence-corrected chi connectivity index (χ2v) is 4.29. The molecular weight excluding hydrogens is 220 g/mol. The minimum absolute atomic E-state index is 0.764. The SMILES string of the molecule is CN(C)Cc1ccc(-c2ncnn2S)cc1.